The molecule has 8 fully saturated rings. The summed E-state index contributed by atoms with van der Waals surface area (Å²) in [6.45, 7) is 9.05. The standard InChI is InChI=1S/C58H94O27/c1-24(2)8-7-9-25(26-12-16-58(6)28-10-11-34-55(3,27(28)13-17-57(26,58)5)15-14-35(56(34,4)23-61)82-52-45(73)41(69)38(66)31(18-59)79-52)49(75)85-54-48(84-53-46(74)42(70)39(67)32(19-60)80-53)47(83-51-44(72)37(65)30(63)21-77-51)40(68)33(81-54)22-78-50-43(71)36(64)29(62)20-76-50/h8,10,25-27,29-48,50-54,59-74H,7,9,11-23H2,1-6H3/t25?,26-,27?,29+,30-,31+,32+,33+,34?,35?,36-,37-,38+,39+,40+,41-,42-,43+,44+,45+,46+,47-,48+,50-,51-,52-,53-,54-,55+,56+,57-,58+/m0/s1. The van der Waals surface area contributed by atoms with Crippen molar-refractivity contribution in [3.05, 3.63) is 23.3 Å². The van der Waals surface area contributed by atoms with Gasteiger partial charge in [0.25, 0.3) is 0 Å². The van der Waals surface area contributed by atoms with Crippen LogP contribution in [-0.4, -0.2) is 275 Å². The van der Waals surface area contributed by atoms with Gasteiger partial charge in [-0.25, -0.2) is 0 Å². The van der Waals surface area contributed by atoms with Gasteiger partial charge in [0.15, 0.2) is 31.3 Å². The number of hydrogen-bond donors (Lipinski definition) is 16. The van der Waals surface area contributed by atoms with Crippen LogP contribution in [0.5, 0.6) is 0 Å². The van der Waals surface area contributed by atoms with Crippen LogP contribution in [0.4, 0.5) is 0 Å². The summed E-state index contributed by atoms with van der Waals surface area (Å²) in [6.07, 6.45) is -31.2. The molecule has 32 atom stereocenters. The third-order valence-corrected chi connectivity index (χ3v) is 21.6. The van der Waals surface area contributed by atoms with Crippen LogP contribution in [0.2, 0.25) is 0 Å². The van der Waals surface area contributed by atoms with E-state index in [2.05, 4.69) is 26.8 Å². The highest BCUT2D eigenvalue weighted by molar-refractivity contribution is 5.73. The van der Waals surface area contributed by atoms with Crippen LogP contribution in [-0.2, 0) is 52.2 Å². The molecule has 0 radical (unpaired) electrons. The lowest BCUT2D eigenvalue weighted by atomic mass is 9.40. The fourth-order valence-electron chi connectivity index (χ4n) is 16.1. The average Bonchev–Trinajstić information content (AvgIpc) is 1.70. The number of carbonyl (C=O) groups excluding carboxylic acids is 1. The smallest absolute Gasteiger partial charge is 0.311 e. The summed E-state index contributed by atoms with van der Waals surface area (Å²) in [5.41, 5.74) is -0.00223. The van der Waals surface area contributed by atoms with Crippen LogP contribution in [0.1, 0.15) is 99.3 Å². The summed E-state index contributed by atoms with van der Waals surface area (Å²) in [5.74, 6) is -2.07. The fourth-order valence-corrected chi connectivity index (χ4v) is 16.1. The maximum atomic E-state index is 15.7. The molecule has 0 aromatic heterocycles. The fraction of sp³-hybridized carbons (Fsp3) is 0.914. The number of allylic oxidation sites excluding steroid dienone is 4. The molecule has 3 saturated carbocycles. The van der Waals surface area contributed by atoms with Gasteiger partial charge in [0.2, 0.25) is 6.29 Å². The van der Waals surface area contributed by atoms with Crippen molar-refractivity contribution in [3.63, 3.8) is 0 Å². The largest absolute Gasteiger partial charge is 0.432 e. The van der Waals surface area contributed by atoms with E-state index in [-0.39, 0.29) is 36.2 Å². The van der Waals surface area contributed by atoms with Gasteiger partial charge in [0, 0.05) is 5.41 Å². The second-order valence-electron chi connectivity index (χ2n) is 26.6. The van der Waals surface area contributed by atoms with E-state index in [0.29, 0.717) is 51.4 Å². The van der Waals surface area contributed by atoms with Crippen molar-refractivity contribution in [1.29, 1.82) is 0 Å². The molecular weight excluding hydrogens is 1130 g/mol. The highest BCUT2D eigenvalue weighted by Crippen LogP contribution is 2.74. The maximum absolute atomic E-state index is 15.7. The minimum Gasteiger partial charge on any atom is -0.432 e. The van der Waals surface area contributed by atoms with E-state index in [1.807, 2.05) is 26.8 Å². The summed E-state index contributed by atoms with van der Waals surface area (Å²) in [5, 5.41) is 172. The van der Waals surface area contributed by atoms with E-state index in [9.17, 15) is 81.7 Å². The molecule has 16 N–H and O–H groups in total. The molecule has 27 nitrogen and oxygen atoms in total. The van der Waals surface area contributed by atoms with Crippen molar-refractivity contribution in [2.24, 2.45) is 45.3 Å². The topological polar surface area (TPSA) is 433 Å². The van der Waals surface area contributed by atoms with Gasteiger partial charge in [-0.2, -0.15) is 0 Å². The summed E-state index contributed by atoms with van der Waals surface area (Å²) >= 11 is 0. The molecule has 5 heterocycles. The Hall–Kier alpha value is -2.05. The van der Waals surface area contributed by atoms with Gasteiger partial charge in [-0.1, -0.05) is 51.0 Å². The molecule has 85 heavy (non-hydrogen) atoms. The number of fused-ring (bicyclic) bond motifs is 5. The minimum atomic E-state index is -2.06. The van der Waals surface area contributed by atoms with Gasteiger partial charge in [-0.3, -0.25) is 4.79 Å². The van der Waals surface area contributed by atoms with Gasteiger partial charge < -0.3 is 129 Å². The van der Waals surface area contributed by atoms with Crippen LogP contribution in [0.25, 0.3) is 0 Å². The van der Waals surface area contributed by atoms with Crippen LogP contribution < -0.4 is 0 Å². The lowest BCUT2D eigenvalue weighted by Gasteiger charge is -2.65. The van der Waals surface area contributed by atoms with Crippen molar-refractivity contribution >= 4 is 5.97 Å². The second kappa shape index (κ2) is 26.7. The Morgan fingerprint density at radius 3 is 1.75 bits per heavy atom. The van der Waals surface area contributed by atoms with Crippen LogP contribution in [0.3, 0.4) is 0 Å². The van der Waals surface area contributed by atoms with E-state index in [1.54, 1.807) is 0 Å². The number of hydrogen-bond acceptors (Lipinski definition) is 27. The van der Waals surface area contributed by atoms with E-state index >= 15 is 4.79 Å². The molecule has 0 amide bonds. The third kappa shape index (κ3) is 12.3. The van der Waals surface area contributed by atoms with Gasteiger partial charge >= 0.3 is 5.97 Å². The van der Waals surface area contributed by atoms with E-state index in [4.69, 9.17) is 47.4 Å². The number of aliphatic hydroxyl groups excluding tert-OH is 16. The Labute approximate surface area is 493 Å². The number of carbonyl (C=O) groups is 1. The second-order valence-corrected chi connectivity index (χ2v) is 26.6. The molecule has 0 aromatic rings. The lowest BCUT2D eigenvalue weighted by molar-refractivity contribution is -0.386. The van der Waals surface area contributed by atoms with Gasteiger partial charge in [-0.05, 0) is 106 Å². The van der Waals surface area contributed by atoms with Gasteiger partial charge in [0.1, 0.15) is 104 Å². The van der Waals surface area contributed by atoms with E-state index in [1.165, 1.54) is 5.57 Å². The molecule has 4 aliphatic carbocycles. The summed E-state index contributed by atoms with van der Waals surface area (Å²) in [4.78, 5) is 15.7. The Balaban J connectivity index is 1.03. The zero-order chi connectivity index (χ0) is 62.0. The predicted octanol–water partition coefficient (Wildman–Crippen LogP) is -3.79. The van der Waals surface area contributed by atoms with Crippen molar-refractivity contribution in [2.45, 2.75) is 247 Å². The first-order valence-electron chi connectivity index (χ1n) is 30.1. The van der Waals surface area contributed by atoms with Crippen molar-refractivity contribution in [3.8, 4) is 0 Å². The zero-order valence-electron chi connectivity index (χ0n) is 49.1. The molecular formula is C58H94O27. The molecule has 0 aromatic carbocycles. The van der Waals surface area contributed by atoms with Crippen molar-refractivity contribution in [1.82, 2.24) is 0 Å². The molecule has 5 aliphatic heterocycles. The highest BCUT2D eigenvalue weighted by Gasteiger charge is 2.68. The Bertz CT molecular complexity index is 2310. The summed E-state index contributed by atoms with van der Waals surface area (Å²) in [6, 6.07) is 0. The number of rotatable bonds is 18. The Morgan fingerprint density at radius 1 is 0.612 bits per heavy atom. The monoisotopic (exact) mass is 1220 g/mol. The van der Waals surface area contributed by atoms with Crippen molar-refractivity contribution < 1.29 is 134 Å². The Morgan fingerprint density at radius 2 is 1.16 bits per heavy atom. The molecule has 9 aliphatic rings. The first-order chi connectivity index (χ1) is 40.1. The quantitative estimate of drug-likeness (QED) is 0.0462. The van der Waals surface area contributed by atoms with E-state index < -0.39 is 209 Å². The SMILES string of the molecule is CC(C)=CCCC(C(=O)O[C@@H]1O[C@H](CO[C@@H]2OC[C@@H](O)[C@H](O)[C@H]2O)[C@@H](O)[C@H](O[C@@H]2OC[C@H](O)[C@H](O)[C@H]2O)[C@H]1O[C@@H]1O[C@H](CO)[C@@H](O)[C@H](O)[C@H]1O)[C@@H]1CC[C@]2(C)C3=CCC4[C@@](C)(CO)C(O[C@@H]5O[C@H](CO)[C@@H](O)[C@H](O)[C@H]5O)CC[C@]4(C)C3CC[C@@]12C. The summed E-state index contributed by atoms with van der Waals surface area (Å²) in [7, 11) is 0. The molecule has 27 heteroatoms. The van der Waals surface area contributed by atoms with Crippen molar-refractivity contribution in [2.75, 3.05) is 39.6 Å². The third-order valence-electron chi connectivity index (χ3n) is 21.6. The minimum absolute atomic E-state index is 0.0428. The molecule has 0 bridgehead atoms. The normalized spacial score (nSPS) is 51.4. The van der Waals surface area contributed by atoms with E-state index in [0.717, 1.165) is 5.57 Å². The highest BCUT2D eigenvalue weighted by atomic mass is 16.8. The number of ether oxygens (including phenoxy) is 10. The number of esters is 1. The molecule has 9 rings (SSSR count). The first kappa shape index (κ1) is 67.3. The molecule has 488 valence electrons. The molecule has 5 saturated heterocycles. The molecule has 0 spiro atoms. The number of aliphatic hydroxyl groups is 16. The Kier molecular flexibility index (Phi) is 21.1. The van der Waals surface area contributed by atoms with Gasteiger partial charge in [-0.15, -0.1) is 0 Å². The maximum Gasteiger partial charge on any atom is 0.311 e. The van der Waals surface area contributed by atoms with Gasteiger partial charge in [0.05, 0.1) is 51.7 Å². The van der Waals surface area contributed by atoms with Crippen LogP contribution in [0.15, 0.2) is 23.3 Å². The average molecular weight is 1220 g/mol. The lowest BCUT2D eigenvalue weighted by Crippen LogP contribution is -2.67. The van der Waals surface area contributed by atoms with Crippen LogP contribution >= 0.6 is 0 Å². The molecule has 4 unspecified atom stereocenters. The first-order valence-corrected chi connectivity index (χ1v) is 30.1. The van der Waals surface area contributed by atoms with Crippen LogP contribution in [0, 0.1) is 45.3 Å². The summed E-state index contributed by atoms with van der Waals surface area (Å²) < 4.78 is 60.2. The predicted molar refractivity (Wildman–Crippen MR) is 287 cm³/mol. The zero-order valence-corrected chi connectivity index (χ0v) is 49.1.